The third kappa shape index (κ3) is 15.7. The Kier molecular flexibility index (Phi) is 19.9. The summed E-state index contributed by atoms with van der Waals surface area (Å²) >= 11 is 0. The van der Waals surface area contributed by atoms with Crippen molar-refractivity contribution in [3.05, 3.63) is 0 Å². The Balaban J connectivity index is 0. The van der Waals surface area contributed by atoms with Crippen molar-refractivity contribution in [1.29, 1.82) is 0 Å². The average Bonchev–Trinajstić information content (AvgIpc) is 2.02. The molecule has 0 unspecified atom stereocenters. The number of aliphatic hydroxyl groups excluding tert-OH is 3. The van der Waals surface area contributed by atoms with Crippen molar-refractivity contribution in [2.45, 2.75) is 0 Å². The van der Waals surface area contributed by atoms with Crippen LogP contribution in [0.5, 0.6) is 0 Å². The average molecular weight is 154 g/mol. The van der Waals surface area contributed by atoms with Gasteiger partial charge in [0.25, 0.3) is 0 Å². The van der Waals surface area contributed by atoms with Gasteiger partial charge in [-0.1, -0.05) is 0 Å². The molecule has 0 heterocycles. The minimum Gasteiger partial charge on any atom is -0.400 e. The second-order valence-electron chi connectivity index (χ2n) is 1.09. The van der Waals surface area contributed by atoms with Gasteiger partial charge in [-0.25, -0.2) is 9.78 Å². The summed E-state index contributed by atoms with van der Waals surface area (Å²) in [6.45, 7) is 0.177. The zero-order valence-corrected chi connectivity index (χ0v) is 5.99. The molecule has 0 aliphatic heterocycles. The van der Waals surface area contributed by atoms with E-state index in [-0.39, 0.29) is 26.4 Å². The Morgan fingerprint density at radius 1 is 0.900 bits per heavy atom. The van der Waals surface area contributed by atoms with Crippen LogP contribution in [-0.2, 0) is 9.78 Å². The molecule has 0 atom stereocenters. The molecule has 0 bridgehead atoms. The van der Waals surface area contributed by atoms with E-state index in [0.29, 0.717) is 0 Å². The highest BCUT2D eigenvalue weighted by molar-refractivity contribution is 4.15. The highest BCUT2D eigenvalue weighted by atomic mass is 17.2. The fraction of sp³-hybridized carbons (Fsp3) is 1.00. The number of hydrogen-bond donors (Lipinski definition) is 3. The molecule has 0 spiro atoms. The van der Waals surface area contributed by atoms with Gasteiger partial charge in [0.2, 0.25) is 0 Å². The van der Waals surface area contributed by atoms with Crippen LogP contribution in [0.15, 0.2) is 0 Å². The Labute approximate surface area is 59.7 Å². The van der Waals surface area contributed by atoms with Crippen LogP contribution >= 0.6 is 0 Å². The van der Waals surface area contributed by atoms with Crippen LogP contribution < -0.4 is 0 Å². The molecular formula is C5H14O5. The van der Waals surface area contributed by atoms with Crippen molar-refractivity contribution in [1.82, 2.24) is 0 Å². The lowest BCUT2D eigenvalue weighted by Crippen LogP contribution is -2.03. The van der Waals surface area contributed by atoms with Crippen LogP contribution in [-0.4, -0.2) is 48.9 Å². The molecule has 0 saturated heterocycles. The van der Waals surface area contributed by atoms with Gasteiger partial charge in [-0.2, -0.15) is 0 Å². The first-order chi connectivity index (χ1) is 4.91. The van der Waals surface area contributed by atoms with Crippen molar-refractivity contribution in [3.63, 3.8) is 0 Å². The first-order valence-corrected chi connectivity index (χ1v) is 2.82. The fourth-order valence-corrected chi connectivity index (χ4v) is 0.192. The smallest absolute Gasteiger partial charge is 0.105 e. The molecule has 0 aromatic carbocycles. The maximum Gasteiger partial charge on any atom is 0.105 e. The van der Waals surface area contributed by atoms with Gasteiger partial charge in [-0.15, -0.1) is 0 Å². The third-order valence-corrected chi connectivity index (χ3v) is 0.433. The van der Waals surface area contributed by atoms with Crippen molar-refractivity contribution in [2.24, 2.45) is 0 Å². The molecular weight excluding hydrogens is 140 g/mol. The molecule has 0 aliphatic carbocycles. The summed E-state index contributed by atoms with van der Waals surface area (Å²) in [4.78, 5) is 8.63. The van der Waals surface area contributed by atoms with Crippen LogP contribution in [0.3, 0.4) is 0 Å². The maximum atomic E-state index is 8.10. The largest absolute Gasteiger partial charge is 0.400 e. The van der Waals surface area contributed by atoms with E-state index < -0.39 is 0 Å². The molecule has 3 N–H and O–H groups in total. The van der Waals surface area contributed by atoms with Crippen LogP contribution in [0, 0.1) is 0 Å². The van der Waals surface area contributed by atoms with E-state index in [1.165, 1.54) is 0 Å². The molecule has 0 aromatic heterocycles. The first-order valence-electron chi connectivity index (χ1n) is 2.82. The molecule has 0 aliphatic rings. The standard InChI is InChI=1S/C4H10O4.CH4O/c5-1-3-7-8-4-2-6;1-2/h5-6H,1-4H2;2H,1H3. The van der Waals surface area contributed by atoms with Crippen molar-refractivity contribution < 1.29 is 25.1 Å². The van der Waals surface area contributed by atoms with Crippen molar-refractivity contribution in [3.8, 4) is 0 Å². The zero-order valence-electron chi connectivity index (χ0n) is 5.99. The highest BCUT2D eigenvalue weighted by Crippen LogP contribution is 1.74. The lowest BCUT2D eigenvalue weighted by atomic mass is 10.8. The Morgan fingerprint density at radius 3 is 1.40 bits per heavy atom. The van der Waals surface area contributed by atoms with E-state index in [4.69, 9.17) is 15.3 Å². The van der Waals surface area contributed by atoms with E-state index in [2.05, 4.69) is 9.78 Å². The second-order valence-corrected chi connectivity index (χ2v) is 1.09. The Hall–Kier alpha value is -0.200. The lowest BCUT2D eigenvalue weighted by Gasteiger charge is -1.97. The molecule has 64 valence electrons. The summed E-state index contributed by atoms with van der Waals surface area (Å²) in [6.07, 6.45) is 0. The van der Waals surface area contributed by atoms with E-state index in [1.807, 2.05) is 0 Å². The minimum atomic E-state index is -0.0641. The van der Waals surface area contributed by atoms with Gasteiger partial charge in [0.15, 0.2) is 0 Å². The summed E-state index contributed by atoms with van der Waals surface area (Å²) in [6, 6.07) is 0. The molecule has 0 amide bonds. The van der Waals surface area contributed by atoms with E-state index in [1.54, 1.807) is 0 Å². The summed E-state index contributed by atoms with van der Waals surface area (Å²) < 4.78 is 0. The Bertz CT molecular complexity index is 35.0. The van der Waals surface area contributed by atoms with E-state index in [0.717, 1.165) is 7.11 Å². The normalized spacial score (nSPS) is 8.40. The van der Waals surface area contributed by atoms with Crippen molar-refractivity contribution in [2.75, 3.05) is 33.5 Å². The van der Waals surface area contributed by atoms with Gasteiger partial charge in [0.1, 0.15) is 13.2 Å². The summed E-state index contributed by atoms with van der Waals surface area (Å²) in [7, 11) is 1.00. The minimum absolute atomic E-state index is 0.0641. The van der Waals surface area contributed by atoms with Gasteiger partial charge in [0.05, 0.1) is 13.2 Å². The van der Waals surface area contributed by atoms with Gasteiger partial charge >= 0.3 is 0 Å². The molecule has 10 heavy (non-hydrogen) atoms. The SMILES string of the molecule is CO.OCCOOCCO. The predicted molar refractivity (Wildman–Crippen MR) is 34.2 cm³/mol. The van der Waals surface area contributed by atoms with Crippen LogP contribution in [0.25, 0.3) is 0 Å². The van der Waals surface area contributed by atoms with Gasteiger partial charge in [-0.3, -0.25) is 0 Å². The predicted octanol–water partition coefficient (Wildman–Crippen LogP) is -1.47. The quantitative estimate of drug-likeness (QED) is 0.256. The molecule has 5 nitrogen and oxygen atoms in total. The zero-order chi connectivity index (χ0) is 8.24. The molecule has 0 saturated carbocycles. The molecule has 5 heteroatoms. The van der Waals surface area contributed by atoms with E-state index in [9.17, 15) is 0 Å². The Morgan fingerprint density at radius 2 is 1.20 bits per heavy atom. The topological polar surface area (TPSA) is 79.2 Å². The molecule has 0 fully saturated rings. The van der Waals surface area contributed by atoms with Gasteiger partial charge in [-0.05, 0) is 0 Å². The van der Waals surface area contributed by atoms with Crippen LogP contribution in [0.1, 0.15) is 0 Å². The maximum absolute atomic E-state index is 8.10. The molecule has 0 rings (SSSR count). The fourth-order valence-electron chi connectivity index (χ4n) is 0.192. The van der Waals surface area contributed by atoms with Gasteiger partial charge in [0, 0.05) is 7.11 Å². The number of hydrogen-bond acceptors (Lipinski definition) is 5. The second kappa shape index (κ2) is 15.9. The number of aliphatic hydroxyl groups is 3. The first kappa shape index (κ1) is 12.5. The van der Waals surface area contributed by atoms with E-state index >= 15 is 0 Å². The third-order valence-electron chi connectivity index (χ3n) is 0.433. The van der Waals surface area contributed by atoms with Crippen LogP contribution in [0.2, 0.25) is 0 Å². The van der Waals surface area contributed by atoms with Crippen LogP contribution in [0.4, 0.5) is 0 Å². The van der Waals surface area contributed by atoms with Gasteiger partial charge < -0.3 is 15.3 Å². The lowest BCUT2D eigenvalue weighted by molar-refractivity contribution is -0.300. The summed E-state index contributed by atoms with van der Waals surface area (Å²) in [5, 5.41) is 23.2. The summed E-state index contributed by atoms with van der Waals surface area (Å²) in [5.74, 6) is 0. The van der Waals surface area contributed by atoms with Crippen molar-refractivity contribution >= 4 is 0 Å². The number of rotatable bonds is 5. The molecule has 0 aromatic rings. The monoisotopic (exact) mass is 154 g/mol. The highest BCUT2D eigenvalue weighted by Gasteiger charge is 1.83. The summed E-state index contributed by atoms with van der Waals surface area (Å²) in [5.41, 5.74) is 0. The molecule has 0 radical (unpaired) electrons.